The number of nitrogens with zero attached hydrogens (tertiary/aromatic N) is 2. The topological polar surface area (TPSA) is 25.8 Å². The summed E-state index contributed by atoms with van der Waals surface area (Å²) in [5, 5.41) is 1.80. The summed E-state index contributed by atoms with van der Waals surface area (Å²) in [6, 6.07) is 1.62. The Bertz CT molecular complexity index is 372. The normalized spacial score (nSPS) is 10.1. The first-order valence-corrected chi connectivity index (χ1v) is 4.30. The summed E-state index contributed by atoms with van der Waals surface area (Å²) in [5.74, 6) is -0.330. The van der Waals surface area contributed by atoms with Gasteiger partial charge in [-0.05, 0) is 6.07 Å². The second-order valence-corrected chi connectivity index (χ2v) is 2.95. The monoisotopic (exact) mass is 180 g/mol. The fraction of sp³-hybridized carbons (Fsp3) is 0. The van der Waals surface area contributed by atoms with Gasteiger partial charge in [0.25, 0.3) is 0 Å². The van der Waals surface area contributed by atoms with Crippen molar-refractivity contribution in [3.8, 4) is 11.3 Å². The third-order valence-electron chi connectivity index (χ3n) is 1.48. The molecule has 0 aliphatic heterocycles. The van der Waals surface area contributed by atoms with Crippen LogP contribution in [-0.4, -0.2) is 9.97 Å². The summed E-state index contributed by atoms with van der Waals surface area (Å²) in [6.07, 6.45) is 2.74. The van der Waals surface area contributed by atoms with Crippen molar-refractivity contribution in [3.63, 3.8) is 0 Å². The Morgan fingerprint density at radius 1 is 1.42 bits per heavy atom. The van der Waals surface area contributed by atoms with Gasteiger partial charge in [-0.15, -0.1) is 11.3 Å². The summed E-state index contributed by atoms with van der Waals surface area (Å²) in [5.41, 5.74) is 2.85. The van der Waals surface area contributed by atoms with Gasteiger partial charge in [0.15, 0.2) is 5.82 Å². The van der Waals surface area contributed by atoms with Crippen LogP contribution < -0.4 is 0 Å². The van der Waals surface area contributed by atoms with E-state index in [1.807, 2.05) is 0 Å². The van der Waals surface area contributed by atoms with E-state index in [9.17, 15) is 4.39 Å². The molecule has 60 valence electrons. The highest BCUT2D eigenvalue weighted by Crippen LogP contribution is 2.20. The molecule has 0 aromatic carbocycles. The molecule has 0 saturated carbocycles. The Labute approximate surface area is 72.7 Å². The minimum absolute atomic E-state index is 0.330. The molecule has 2 heterocycles. The van der Waals surface area contributed by atoms with Crippen LogP contribution in [0, 0.1) is 5.82 Å². The van der Waals surface area contributed by atoms with Crippen LogP contribution in [0.15, 0.2) is 29.4 Å². The number of rotatable bonds is 1. The standard InChI is InChI=1S/C8H5FN2S/c9-7-3-10-2-1-6(7)8-4-12-5-11-8/h1-5H. The van der Waals surface area contributed by atoms with Crippen LogP contribution in [-0.2, 0) is 0 Å². The second kappa shape index (κ2) is 2.98. The maximum absolute atomic E-state index is 13.1. The fourth-order valence-corrected chi connectivity index (χ4v) is 1.48. The van der Waals surface area contributed by atoms with Gasteiger partial charge in [0, 0.05) is 17.1 Å². The lowest BCUT2D eigenvalue weighted by Crippen LogP contribution is -1.84. The molecule has 2 nitrogen and oxygen atoms in total. The third kappa shape index (κ3) is 1.21. The quantitative estimate of drug-likeness (QED) is 0.673. The van der Waals surface area contributed by atoms with E-state index in [1.165, 1.54) is 17.5 Å². The number of hydrogen-bond acceptors (Lipinski definition) is 3. The average Bonchev–Trinajstić information content (AvgIpc) is 2.57. The van der Waals surface area contributed by atoms with E-state index >= 15 is 0 Å². The smallest absolute Gasteiger partial charge is 0.150 e. The molecule has 2 aromatic heterocycles. The zero-order chi connectivity index (χ0) is 8.39. The lowest BCUT2D eigenvalue weighted by atomic mass is 10.2. The van der Waals surface area contributed by atoms with Crippen LogP contribution in [0.5, 0.6) is 0 Å². The van der Waals surface area contributed by atoms with Crippen molar-refractivity contribution in [1.82, 2.24) is 9.97 Å². The second-order valence-electron chi connectivity index (χ2n) is 2.23. The molecule has 0 saturated heterocycles. The number of aromatic nitrogens is 2. The maximum atomic E-state index is 13.1. The van der Waals surface area contributed by atoms with Gasteiger partial charge in [-0.1, -0.05) is 0 Å². The van der Waals surface area contributed by atoms with Gasteiger partial charge in [0.2, 0.25) is 0 Å². The lowest BCUT2D eigenvalue weighted by Gasteiger charge is -1.95. The molecule has 0 fully saturated rings. The van der Waals surface area contributed by atoms with Gasteiger partial charge >= 0.3 is 0 Å². The Morgan fingerprint density at radius 2 is 2.33 bits per heavy atom. The molecule has 2 aromatic rings. The first-order valence-electron chi connectivity index (χ1n) is 3.36. The van der Waals surface area contributed by atoms with Crippen molar-refractivity contribution in [3.05, 3.63) is 35.2 Å². The summed E-state index contributed by atoms with van der Waals surface area (Å²) in [6.45, 7) is 0. The van der Waals surface area contributed by atoms with Crippen molar-refractivity contribution in [2.75, 3.05) is 0 Å². The summed E-state index contributed by atoms with van der Waals surface area (Å²) in [7, 11) is 0. The minimum Gasteiger partial charge on any atom is -0.262 e. The Kier molecular flexibility index (Phi) is 1.83. The minimum atomic E-state index is -0.330. The van der Waals surface area contributed by atoms with Crippen molar-refractivity contribution < 1.29 is 4.39 Å². The first-order chi connectivity index (χ1) is 5.88. The van der Waals surface area contributed by atoms with E-state index in [0.717, 1.165) is 0 Å². The highest BCUT2D eigenvalue weighted by Gasteiger charge is 2.04. The zero-order valence-corrected chi connectivity index (χ0v) is 6.88. The largest absolute Gasteiger partial charge is 0.262 e. The number of hydrogen-bond donors (Lipinski definition) is 0. The summed E-state index contributed by atoms with van der Waals surface area (Å²) in [4.78, 5) is 7.65. The van der Waals surface area contributed by atoms with Crippen LogP contribution in [0.1, 0.15) is 0 Å². The maximum Gasteiger partial charge on any atom is 0.150 e. The molecule has 0 radical (unpaired) electrons. The lowest BCUT2D eigenvalue weighted by molar-refractivity contribution is 0.624. The van der Waals surface area contributed by atoms with Crippen LogP contribution >= 0.6 is 11.3 Å². The number of pyridine rings is 1. The van der Waals surface area contributed by atoms with E-state index in [4.69, 9.17) is 0 Å². The Balaban J connectivity index is 2.55. The molecule has 0 unspecified atom stereocenters. The first kappa shape index (κ1) is 7.36. The molecule has 0 aliphatic carbocycles. The molecule has 0 aliphatic rings. The van der Waals surface area contributed by atoms with Crippen molar-refractivity contribution >= 4 is 11.3 Å². The van der Waals surface area contributed by atoms with Crippen LogP contribution in [0.3, 0.4) is 0 Å². The van der Waals surface area contributed by atoms with Gasteiger partial charge in [0.1, 0.15) is 0 Å². The van der Waals surface area contributed by atoms with Crippen LogP contribution in [0.25, 0.3) is 11.3 Å². The molecular formula is C8H5FN2S. The van der Waals surface area contributed by atoms with Gasteiger partial charge in [-0.2, -0.15) is 0 Å². The molecule has 4 heteroatoms. The van der Waals surface area contributed by atoms with Crippen molar-refractivity contribution in [2.45, 2.75) is 0 Å². The molecule has 12 heavy (non-hydrogen) atoms. The zero-order valence-electron chi connectivity index (χ0n) is 6.07. The number of thiazole rings is 1. The predicted molar refractivity (Wildman–Crippen MR) is 45.3 cm³/mol. The van der Waals surface area contributed by atoms with Gasteiger partial charge in [-0.3, -0.25) is 4.98 Å². The van der Waals surface area contributed by atoms with E-state index in [-0.39, 0.29) is 5.82 Å². The van der Waals surface area contributed by atoms with Crippen molar-refractivity contribution in [1.29, 1.82) is 0 Å². The Hall–Kier alpha value is -1.29. The van der Waals surface area contributed by atoms with Crippen molar-refractivity contribution in [2.24, 2.45) is 0 Å². The highest BCUT2D eigenvalue weighted by atomic mass is 32.1. The molecular weight excluding hydrogens is 175 g/mol. The van der Waals surface area contributed by atoms with Crippen LogP contribution in [0.2, 0.25) is 0 Å². The molecule has 0 bridgehead atoms. The molecule has 0 spiro atoms. The van der Waals surface area contributed by atoms with Gasteiger partial charge < -0.3 is 0 Å². The fourth-order valence-electron chi connectivity index (χ4n) is 0.928. The highest BCUT2D eigenvalue weighted by molar-refractivity contribution is 7.07. The molecule has 0 amide bonds. The van der Waals surface area contributed by atoms with E-state index in [1.54, 1.807) is 23.2 Å². The summed E-state index contributed by atoms with van der Waals surface area (Å²) >= 11 is 1.44. The van der Waals surface area contributed by atoms with Crippen LogP contribution in [0.4, 0.5) is 4.39 Å². The SMILES string of the molecule is Fc1cnccc1-c1cscn1. The van der Waals surface area contributed by atoms with Gasteiger partial charge in [0.05, 0.1) is 17.4 Å². The van der Waals surface area contributed by atoms with E-state index in [2.05, 4.69) is 9.97 Å². The molecule has 2 rings (SSSR count). The third-order valence-corrected chi connectivity index (χ3v) is 2.07. The predicted octanol–water partition coefficient (Wildman–Crippen LogP) is 2.34. The van der Waals surface area contributed by atoms with Gasteiger partial charge in [-0.25, -0.2) is 9.37 Å². The van der Waals surface area contributed by atoms with E-state index < -0.39 is 0 Å². The summed E-state index contributed by atoms with van der Waals surface area (Å²) < 4.78 is 13.1. The van der Waals surface area contributed by atoms with E-state index in [0.29, 0.717) is 11.3 Å². The molecule has 0 atom stereocenters. The Morgan fingerprint density at radius 3 is 3.00 bits per heavy atom. The average molecular weight is 180 g/mol. The molecule has 0 N–H and O–H groups in total. The number of halogens is 1.